The number of phenolic OH excluding ortho intramolecular Hbond substituents is 1. The van der Waals surface area contributed by atoms with E-state index in [0.29, 0.717) is 11.4 Å². The van der Waals surface area contributed by atoms with Crippen molar-refractivity contribution in [3.8, 4) is 5.75 Å². The molecule has 2 N–H and O–H groups in total. The van der Waals surface area contributed by atoms with Crippen molar-refractivity contribution in [2.24, 2.45) is 0 Å². The Bertz CT molecular complexity index is 561. The zero-order valence-corrected chi connectivity index (χ0v) is 9.52. The molecule has 1 aromatic heterocycles. The lowest BCUT2D eigenvalue weighted by Gasteiger charge is -2.06. The predicted octanol–water partition coefficient (Wildman–Crippen LogP) is 2.25. The maximum absolute atomic E-state index is 11.8. The second kappa shape index (κ2) is 4.29. The Morgan fingerprint density at radius 3 is 2.71 bits per heavy atom. The highest BCUT2D eigenvalue weighted by Gasteiger charge is 2.12. The van der Waals surface area contributed by atoms with Crippen molar-refractivity contribution in [3.05, 3.63) is 41.3 Å². The average Bonchev–Trinajstić information content (AvgIpc) is 2.69. The molecule has 1 amide bonds. The molecular weight excluding hydrogens is 220 g/mol. The summed E-state index contributed by atoms with van der Waals surface area (Å²) >= 11 is 0. The Morgan fingerprint density at radius 1 is 1.35 bits per heavy atom. The minimum Gasteiger partial charge on any atom is -0.508 e. The molecule has 88 valence electrons. The molecule has 0 atom stereocenters. The van der Waals surface area contributed by atoms with E-state index in [0.717, 1.165) is 5.56 Å². The van der Waals surface area contributed by atoms with E-state index in [9.17, 15) is 9.90 Å². The van der Waals surface area contributed by atoms with Gasteiger partial charge in [-0.25, -0.2) is 0 Å². The zero-order chi connectivity index (χ0) is 12.4. The molecular formula is C12H12N2O3. The number of benzene rings is 1. The van der Waals surface area contributed by atoms with E-state index in [4.69, 9.17) is 4.52 Å². The van der Waals surface area contributed by atoms with Crippen molar-refractivity contribution in [2.75, 3.05) is 5.32 Å². The summed E-state index contributed by atoms with van der Waals surface area (Å²) in [5.74, 6) is 0.408. The third-order valence-electron chi connectivity index (χ3n) is 2.32. The van der Waals surface area contributed by atoms with Gasteiger partial charge in [0.2, 0.25) is 0 Å². The molecule has 0 bridgehead atoms. The molecule has 0 spiro atoms. The second-order valence-corrected chi connectivity index (χ2v) is 3.78. The van der Waals surface area contributed by atoms with Crippen LogP contribution in [0.4, 0.5) is 5.69 Å². The van der Waals surface area contributed by atoms with Crippen LogP contribution in [0.15, 0.2) is 28.8 Å². The van der Waals surface area contributed by atoms with Crippen LogP contribution in [0.1, 0.15) is 21.8 Å². The Hall–Kier alpha value is -2.30. The van der Waals surface area contributed by atoms with Gasteiger partial charge in [0.1, 0.15) is 11.5 Å². The van der Waals surface area contributed by atoms with E-state index < -0.39 is 0 Å². The molecule has 17 heavy (non-hydrogen) atoms. The summed E-state index contributed by atoms with van der Waals surface area (Å²) < 4.78 is 4.82. The number of amides is 1. The zero-order valence-electron chi connectivity index (χ0n) is 9.52. The maximum atomic E-state index is 11.8. The average molecular weight is 232 g/mol. The van der Waals surface area contributed by atoms with Crippen molar-refractivity contribution in [2.45, 2.75) is 13.8 Å². The molecule has 0 radical (unpaired) electrons. The third kappa shape index (κ3) is 2.44. The highest BCUT2D eigenvalue weighted by atomic mass is 16.5. The van der Waals surface area contributed by atoms with Crippen LogP contribution < -0.4 is 5.32 Å². The lowest BCUT2D eigenvalue weighted by atomic mass is 10.2. The van der Waals surface area contributed by atoms with Gasteiger partial charge in [-0.15, -0.1) is 0 Å². The number of hydrogen-bond donors (Lipinski definition) is 2. The number of aryl methyl sites for hydroxylation is 2. The molecule has 1 aromatic carbocycles. The quantitative estimate of drug-likeness (QED) is 0.778. The van der Waals surface area contributed by atoms with Gasteiger partial charge in [0, 0.05) is 11.8 Å². The highest BCUT2D eigenvalue weighted by molar-refractivity contribution is 6.03. The fraction of sp³-hybridized carbons (Fsp3) is 0.167. The minimum atomic E-state index is -0.337. The normalized spacial score (nSPS) is 10.2. The first-order valence-corrected chi connectivity index (χ1v) is 5.10. The number of anilines is 1. The van der Waals surface area contributed by atoms with Crippen molar-refractivity contribution in [1.29, 1.82) is 0 Å². The number of nitrogens with zero attached hydrogens (tertiary/aromatic N) is 1. The van der Waals surface area contributed by atoms with Gasteiger partial charge in [-0.3, -0.25) is 4.79 Å². The van der Waals surface area contributed by atoms with Gasteiger partial charge >= 0.3 is 0 Å². The standard InChI is InChI=1S/C12H12N2O3/c1-7-5-9(15)3-4-10(7)13-12(16)11-6-8(2)17-14-11/h3-6,15H,1-2H3,(H,13,16). The van der Waals surface area contributed by atoms with E-state index in [1.165, 1.54) is 6.07 Å². The Labute approximate surface area is 98.1 Å². The van der Waals surface area contributed by atoms with Crippen LogP contribution in [0.3, 0.4) is 0 Å². The number of aromatic hydroxyl groups is 1. The molecule has 0 aliphatic heterocycles. The van der Waals surface area contributed by atoms with Crippen LogP contribution in [-0.4, -0.2) is 16.2 Å². The summed E-state index contributed by atoms with van der Waals surface area (Å²) in [5.41, 5.74) is 1.64. The van der Waals surface area contributed by atoms with Crippen LogP contribution in [-0.2, 0) is 0 Å². The Kier molecular flexibility index (Phi) is 2.82. The van der Waals surface area contributed by atoms with Gasteiger partial charge in [-0.1, -0.05) is 5.16 Å². The molecule has 2 aromatic rings. The third-order valence-corrected chi connectivity index (χ3v) is 2.32. The van der Waals surface area contributed by atoms with E-state index in [1.54, 1.807) is 32.0 Å². The summed E-state index contributed by atoms with van der Waals surface area (Å²) in [5, 5.41) is 15.6. The number of aromatic nitrogens is 1. The van der Waals surface area contributed by atoms with Crippen LogP contribution in [0.2, 0.25) is 0 Å². The summed E-state index contributed by atoms with van der Waals surface area (Å²) in [4.78, 5) is 11.8. The van der Waals surface area contributed by atoms with Gasteiger partial charge in [-0.2, -0.15) is 0 Å². The van der Waals surface area contributed by atoms with Gasteiger partial charge < -0.3 is 14.9 Å². The fourth-order valence-electron chi connectivity index (χ4n) is 1.45. The number of carbonyl (C=O) groups excluding carboxylic acids is 1. The number of rotatable bonds is 2. The van der Waals surface area contributed by atoms with Crippen molar-refractivity contribution >= 4 is 11.6 Å². The SMILES string of the molecule is Cc1cc(C(=O)Nc2ccc(O)cc2C)no1. The molecule has 1 heterocycles. The molecule has 0 saturated carbocycles. The highest BCUT2D eigenvalue weighted by Crippen LogP contribution is 2.20. The van der Waals surface area contributed by atoms with Gasteiger partial charge in [-0.05, 0) is 37.6 Å². The van der Waals surface area contributed by atoms with Crippen LogP contribution in [0.5, 0.6) is 5.75 Å². The van der Waals surface area contributed by atoms with E-state index in [-0.39, 0.29) is 17.4 Å². The topological polar surface area (TPSA) is 75.4 Å². The molecule has 0 aliphatic rings. The van der Waals surface area contributed by atoms with Gasteiger partial charge in [0.05, 0.1) is 0 Å². The summed E-state index contributed by atoms with van der Waals surface area (Å²) in [6.45, 7) is 3.51. The molecule has 2 rings (SSSR count). The first-order chi connectivity index (χ1) is 8.06. The molecule has 5 heteroatoms. The van der Waals surface area contributed by atoms with Crippen LogP contribution in [0, 0.1) is 13.8 Å². The molecule has 5 nitrogen and oxygen atoms in total. The minimum absolute atomic E-state index is 0.165. The van der Waals surface area contributed by atoms with E-state index >= 15 is 0 Å². The Balaban J connectivity index is 2.18. The number of hydrogen-bond acceptors (Lipinski definition) is 4. The number of phenols is 1. The summed E-state index contributed by atoms with van der Waals surface area (Å²) in [6.07, 6.45) is 0. The fourth-order valence-corrected chi connectivity index (χ4v) is 1.45. The second-order valence-electron chi connectivity index (χ2n) is 3.78. The maximum Gasteiger partial charge on any atom is 0.277 e. The first-order valence-electron chi connectivity index (χ1n) is 5.10. The van der Waals surface area contributed by atoms with Crippen LogP contribution >= 0.6 is 0 Å². The largest absolute Gasteiger partial charge is 0.508 e. The predicted molar refractivity (Wildman–Crippen MR) is 62.0 cm³/mol. The first kappa shape index (κ1) is 11.2. The summed E-state index contributed by atoms with van der Waals surface area (Å²) in [7, 11) is 0. The van der Waals surface area contributed by atoms with Gasteiger partial charge in [0.25, 0.3) is 5.91 Å². The molecule has 0 unspecified atom stereocenters. The monoisotopic (exact) mass is 232 g/mol. The smallest absolute Gasteiger partial charge is 0.277 e. The molecule has 0 fully saturated rings. The lowest BCUT2D eigenvalue weighted by molar-refractivity contribution is 0.101. The molecule has 0 saturated heterocycles. The number of nitrogens with one attached hydrogen (secondary N) is 1. The van der Waals surface area contributed by atoms with Gasteiger partial charge in [0.15, 0.2) is 5.69 Å². The van der Waals surface area contributed by atoms with Crippen LogP contribution in [0.25, 0.3) is 0 Å². The van der Waals surface area contributed by atoms with Crippen molar-refractivity contribution in [1.82, 2.24) is 5.16 Å². The van der Waals surface area contributed by atoms with E-state index in [1.807, 2.05) is 0 Å². The lowest BCUT2D eigenvalue weighted by Crippen LogP contribution is -2.12. The van der Waals surface area contributed by atoms with Crippen molar-refractivity contribution < 1.29 is 14.4 Å². The Morgan fingerprint density at radius 2 is 2.12 bits per heavy atom. The summed E-state index contributed by atoms with van der Waals surface area (Å²) in [6, 6.07) is 6.28. The number of carbonyl (C=O) groups is 1. The van der Waals surface area contributed by atoms with E-state index in [2.05, 4.69) is 10.5 Å². The molecule has 0 aliphatic carbocycles. The van der Waals surface area contributed by atoms with Crippen molar-refractivity contribution in [3.63, 3.8) is 0 Å².